The summed E-state index contributed by atoms with van der Waals surface area (Å²) in [4.78, 5) is 0. The normalized spacial score (nSPS) is 25.1. The second kappa shape index (κ2) is 3.13. The Kier molecular flexibility index (Phi) is 1.97. The molecule has 1 unspecified atom stereocenters. The van der Waals surface area contributed by atoms with Crippen molar-refractivity contribution in [2.45, 2.75) is 13.0 Å². The first-order valence-electron chi connectivity index (χ1n) is 4.38. The molecule has 1 atom stereocenters. The molecule has 0 radical (unpaired) electrons. The number of hydrogen-bond acceptors (Lipinski definition) is 2. The van der Waals surface area contributed by atoms with Crippen molar-refractivity contribution < 1.29 is 4.74 Å². The topological polar surface area (TPSA) is 21.3 Å². The van der Waals surface area contributed by atoms with Gasteiger partial charge >= 0.3 is 0 Å². The quantitative estimate of drug-likeness (QED) is 0.657. The van der Waals surface area contributed by atoms with Crippen LogP contribution in [0.5, 0.6) is 0 Å². The lowest BCUT2D eigenvalue weighted by Crippen LogP contribution is -2.32. The fraction of sp³-hybridized carbons (Fsp3) is 0.273. The zero-order valence-electron chi connectivity index (χ0n) is 7.87. The molecule has 0 aromatic heterocycles. The fourth-order valence-corrected chi connectivity index (χ4v) is 1.54. The summed E-state index contributed by atoms with van der Waals surface area (Å²) in [6, 6.07) is 0.281. The highest BCUT2D eigenvalue weighted by Gasteiger charge is 2.16. The van der Waals surface area contributed by atoms with E-state index in [1.54, 1.807) is 7.11 Å². The Balaban J connectivity index is 2.28. The summed E-state index contributed by atoms with van der Waals surface area (Å²) < 4.78 is 5.12. The van der Waals surface area contributed by atoms with Crippen LogP contribution in [0.1, 0.15) is 6.92 Å². The minimum atomic E-state index is 0.281. The van der Waals surface area contributed by atoms with Crippen LogP contribution in [-0.4, -0.2) is 13.2 Å². The molecule has 13 heavy (non-hydrogen) atoms. The summed E-state index contributed by atoms with van der Waals surface area (Å²) in [6.45, 7) is 2.10. The molecule has 0 amide bonds. The molecule has 68 valence electrons. The van der Waals surface area contributed by atoms with Crippen LogP contribution in [0, 0.1) is 0 Å². The molecule has 2 heteroatoms. The van der Waals surface area contributed by atoms with Gasteiger partial charge in [-0.2, -0.15) is 0 Å². The maximum atomic E-state index is 5.12. The molecule has 2 rings (SSSR count). The van der Waals surface area contributed by atoms with E-state index < -0.39 is 0 Å². The Morgan fingerprint density at radius 1 is 1.38 bits per heavy atom. The lowest BCUT2D eigenvalue weighted by Gasteiger charge is -2.24. The summed E-state index contributed by atoms with van der Waals surface area (Å²) in [5.74, 6) is 0.825. The van der Waals surface area contributed by atoms with Gasteiger partial charge in [0.25, 0.3) is 0 Å². The third-order valence-electron chi connectivity index (χ3n) is 2.25. The van der Waals surface area contributed by atoms with Crippen molar-refractivity contribution in [2.75, 3.05) is 7.11 Å². The molecule has 2 aliphatic rings. The van der Waals surface area contributed by atoms with Crippen LogP contribution in [0.25, 0.3) is 0 Å². The Hall–Kier alpha value is -1.44. The highest BCUT2D eigenvalue weighted by atomic mass is 16.5. The molecule has 0 aromatic rings. The summed E-state index contributed by atoms with van der Waals surface area (Å²) in [5.41, 5.74) is 2.58. The van der Waals surface area contributed by atoms with Gasteiger partial charge in [0.1, 0.15) is 0 Å². The van der Waals surface area contributed by atoms with Gasteiger partial charge in [0.2, 0.25) is 0 Å². The van der Waals surface area contributed by atoms with Crippen molar-refractivity contribution >= 4 is 0 Å². The van der Waals surface area contributed by atoms with E-state index in [0.717, 1.165) is 5.88 Å². The van der Waals surface area contributed by atoms with E-state index in [0.29, 0.717) is 0 Å². The third-order valence-corrected chi connectivity index (χ3v) is 2.25. The number of methoxy groups -OCH3 is 1. The maximum Gasteiger partial charge on any atom is 0.187 e. The molecule has 0 fully saturated rings. The SMILES string of the molecule is COC1=CC=C2C=C(C)C=CC2N1. The van der Waals surface area contributed by atoms with Crippen molar-refractivity contribution in [3.8, 4) is 0 Å². The molecular formula is C11H13NO. The van der Waals surface area contributed by atoms with Crippen molar-refractivity contribution in [3.05, 3.63) is 47.4 Å². The van der Waals surface area contributed by atoms with Gasteiger partial charge in [-0.15, -0.1) is 0 Å². The van der Waals surface area contributed by atoms with Crippen LogP contribution >= 0.6 is 0 Å². The van der Waals surface area contributed by atoms with Crippen LogP contribution in [0.3, 0.4) is 0 Å². The molecule has 0 saturated heterocycles. The zero-order chi connectivity index (χ0) is 9.26. The van der Waals surface area contributed by atoms with Gasteiger partial charge in [0.15, 0.2) is 5.88 Å². The number of nitrogens with one attached hydrogen (secondary N) is 1. The average Bonchev–Trinajstić information content (AvgIpc) is 2.17. The molecule has 2 nitrogen and oxygen atoms in total. The predicted molar refractivity (Wildman–Crippen MR) is 53.0 cm³/mol. The monoisotopic (exact) mass is 175 g/mol. The van der Waals surface area contributed by atoms with Crippen molar-refractivity contribution in [2.24, 2.45) is 0 Å². The molecule has 1 aliphatic heterocycles. The number of rotatable bonds is 1. The number of dihydropyridines is 1. The highest BCUT2D eigenvalue weighted by Crippen LogP contribution is 2.20. The third kappa shape index (κ3) is 1.52. The average molecular weight is 175 g/mol. The van der Waals surface area contributed by atoms with Crippen molar-refractivity contribution in [1.82, 2.24) is 5.32 Å². The van der Waals surface area contributed by atoms with Crippen LogP contribution in [0.2, 0.25) is 0 Å². The smallest absolute Gasteiger partial charge is 0.187 e. The Morgan fingerprint density at radius 2 is 2.23 bits per heavy atom. The van der Waals surface area contributed by atoms with Gasteiger partial charge in [0, 0.05) is 0 Å². The lowest BCUT2D eigenvalue weighted by atomic mass is 9.96. The highest BCUT2D eigenvalue weighted by molar-refractivity contribution is 5.45. The Labute approximate surface area is 78.3 Å². The van der Waals surface area contributed by atoms with Gasteiger partial charge in [0.05, 0.1) is 13.2 Å². The molecule has 0 saturated carbocycles. The van der Waals surface area contributed by atoms with E-state index in [-0.39, 0.29) is 6.04 Å². The van der Waals surface area contributed by atoms with Crippen LogP contribution in [-0.2, 0) is 4.74 Å². The molecular weight excluding hydrogens is 162 g/mol. The van der Waals surface area contributed by atoms with Gasteiger partial charge in [-0.25, -0.2) is 0 Å². The zero-order valence-corrected chi connectivity index (χ0v) is 7.87. The van der Waals surface area contributed by atoms with E-state index >= 15 is 0 Å². The van der Waals surface area contributed by atoms with Gasteiger partial charge < -0.3 is 10.1 Å². The maximum absolute atomic E-state index is 5.12. The van der Waals surface area contributed by atoms with E-state index in [9.17, 15) is 0 Å². The predicted octanol–water partition coefficient (Wildman–Crippen LogP) is 1.89. The first-order chi connectivity index (χ1) is 6.29. The van der Waals surface area contributed by atoms with Crippen molar-refractivity contribution in [1.29, 1.82) is 0 Å². The second-order valence-electron chi connectivity index (χ2n) is 3.27. The van der Waals surface area contributed by atoms with Gasteiger partial charge in [-0.3, -0.25) is 0 Å². The largest absolute Gasteiger partial charge is 0.483 e. The molecule has 0 spiro atoms. The van der Waals surface area contributed by atoms with E-state index in [2.05, 4.69) is 36.5 Å². The number of hydrogen-bond donors (Lipinski definition) is 1. The van der Waals surface area contributed by atoms with E-state index in [1.807, 2.05) is 6.08 Å². The molecule has 0 bridgehead atoms. The molecule has 1 N–H and O–H groups in total. The minimum Gasteiger partial charge on any atom is -0.483 e. The fourth-order valence-electron chi connectivity index (χ4n) is 1.54. The molecule has 0 aromatic carbocycles. The van der Waals surface area contributed by atoms with Gasteiger partial charge in [-0.05, 0) is 18.6 Å². The standard InChI is InChI=1S/C11H13NO/c1-8-3-5-10-9(7-8)4-6-11(12-10)13-2/h3-7,10,12H,1-2H3. The van der Waals surface area contributed by atoms with Gasteiger partial charge in [-0.1, -0.05) is 29.9 Å². The second-order valence-corrected chi connectivity index (χ2v) is 3.27. The van der Waals surface area contributed by atoms with Crippen LogP contribution in [0.15, 0.2) is 47.4 Å². The molecule has 1 aliphatic carbocycles. The van der Waals surface area contributed by atoms with Crippen LogP contribution < -0.4 is 5.32 Å². The first kappa shape index (κ1) is 8.17. The minimum absolute atomic E-state index is 0.281. The summed E-state index contributed by atoms with van der Waals surface area (Å²) in [7, 11) is 1.67. The van der Waals surface area contributed by atoms with E-state index in [1.165, 1.54) is 11.1 Å². The number of ether oxygens (including phenoxy) is 1. The van der Waals surface area contributed by atoms with Crippen LogP contribution in [0.4, 0.5) is 0 Å². The van der Waals surface area contributed by atoms with Crippen molar-refractivity contribution in [3.63, 3.8) is 0 Å². The lowest BCUT2D eigenvalue weighted by molar-refractivity contribution is 0.257. The summed E-state index contributed by atoms with van der Waals surface area (Å²) in [6.07, 6.45) is 10.5. The first-order valence-corrected chi connectivity index (χ1v) is 4.38. The summed E-state index contributed by atoms with van der Waals surface area (Å²) in [5, 5.41) is 3.26. The molecule has 1 heterocycles. The Bertz CT molecular complexity index is 334. The number of allylic oxidation sites excluding steroid dienone is 4. The number of fused-ring (bicyclic) bond motifs is 1. The Morgan fingerprint density at radius 3 is 3.00 bits per heavy atom. The van der Waals surface area contributed by atoms with E-state index in [4.69, 9.17) is 4.74 Å². The summed E-state index contributed by atoms with van der Waals surface area (Å²) >= 11 is 0.